The van der Waals surface area contributed by atoms with Gasteiger partial charge in [-0.3, -0.25) is 0 Å². The first kappa shape index (κ1) is 15.1. The van der Waals surface area contributed by atoms with E-state index in [1.165, 1.54) is 31.5 Å². The van der Waals surface area contributed by atoms with Crippen molar-refractivity contribution in [2.45, 2.75) is 12.8 Å². The van der Waals surface area contributed by atoms with E-state index in [0.717, 1.165) is 24.6 Å². The molecule has 0 unspecified atom stereocenters. The summed E-state index contributed by atoms with van der Waals surface area (Å²) >= 11 is 1.26. The van der Waals surface area contributed by atoms with E-state index in [-0.39, 0.29) is 5.82 Å². The molecule has 1 aliphatic rings. The van der Waals surface area contributed by atoms with Crippen LogP contribution in [0.2, 0.25) is 0 Å². The molecule has 0 saturated carbocycles. The molecule has 1 saturated heterocycles. The highest BCUT2D eigenvalue weighted by molar-refractivity contribution is 7.11. The Labute approximate surface area is 123 Å². The number of esters is 1. The highest BCUT2D eigenvalue weighted by Crippen LogP contribution is 2.31. The van der Waals surface area contributed by atoms with Gasteiger partial charge in [-0.25, -0.2) is 4.79 Å². The van der Waals surface area contributed by atoms with Crippen LogP contribution in [0, 0.1) is 5.92 Å². The summed E-state index contributed by atoms with van der Waals surface area (Å²) in [5.41, 5.74) is 6.17. The van der Waals surface area contributed by atoms with Gasteiger partial charge in [0.15, 0.2) is 5.82 Å². The number of nitrogen functional groups attached to an aromatic ring is 1. The summed E-state index contributed by atoms with van der Waals surface area (Å²) in [5.74, 6) is 0.485. The first-order valence-electron chi connectivity index (χ1n) is 6.76. The number of methoxy groups -OCH3 is 1. The molecule has 0 aliphatic carbocycles. The van der Waals surface area contributed by atoms with E-state index in [1.54, 1.807) is 0 Å². The minimum Gasteiger partial charge on any atom is -0.465 e. The Hall–Kier alpha value is -1.34. The molecule has 2 N–H and O–H groups in total. The van der Waals surface area contributed by atoms with E-state index in [2.05, 4.69) is 21.2 Å². The number of hydrogen-bond acceptors (Lipinski definition) is 7. The number of rotatable bonds is 4. The van der Waals surface area contributed by atoms with Gasteiger partial charge in [0.25, 0.3) is 0 Å². The summed E-state index contributed by atoms with van der Waals surface area (Å²) in [6.45, 7) is 3.18. The fourth-order valence-corrected chi connectivity index (χ4v) is 3.33. The molecule has 1 fully saturated rings. The van der Waals surface area contributed by atoms with E-state index in [0.29, 0.717) is 11.5 Å². The van der Waals surface area contributed by atoms with Gasteiger partial charge in [-0.15, -0.1) is 0 Å². The Morgan fingerprint density at radius 1 is 1.55 bits per heavy atom. The van der Waals surface area contributed by atoms with Gasteiger partial charge in [-0.1, -0.05) is 0 Å². The molecule has 1 aliphatic heterocycles. The highest BCUT2D eigenvalue weighted by atomic mass is 32.1. The maximum atomic E-state index is 11.8. The zero-order valence-electron chi connectivity index (χ0n) is 12.3. The summed E-state index contributed by atoms with van der Waals surface area (Å²) in [6, 6.07) is 0. The number of carbonyl (C=O) groups is 1. The fourth-order valence-electron chi connectivity index (χ4n) is 2.56. The number of carbonyl (C=O) groups excluding carboxylic acids is 1. The topological polar surface area (TPSA) is 71.7 Å². The van der Waals surface area contributed by atoms with Gasteiger partial charge in [-0.05, 0) is 50.4 Å². The second-order valence-corrected chi connectivity index (χ2v) is 6.12. The minimum atomic E-state index is -0.415. The number of aromatic nitrogens is 1. The fraction of sp³-hybridized carbons (Fsp3) is 0.692. The molecule has 0 bridgehead atoms. The predicted octanol–water partition coefficient (Wildman–Crippen LogP) is 1.29. The van der Waals surface area contributed by atoms with Gasteiger partial charge < -0.3 is 20.3 Å². The van der Waals surface area contributed by atoms with Crippen molar-refractivity contribution in [2.75, 3.05) is 51.5 Å². The van der Waals surface area contributed by atoms with Crippen LogP contribution >= 0.6 is 11.5 Å². The molecular weight excluding hydrogens is 276 g/mol. The molecule has 0 atom stereocenters. The number of nitrogens with zero attached hydrogens (tertiary/aromatic N) is 3. The Balaban J connectivity index is 2.06. The number of likely N-dealkylation sites (tertiary alicyclic amines) is 1. The lowest BCUT2D eigenvalue weighted by Gasteiger charge is -2.32. The minimum absolute atomic E-state index is 0.257. The lowest BCUT2D eigenvalue weighted by atomic mass is 9.97. The van der Waals surface area contributed by atoms with Crippen molar-refractivity contribution in [3.05, 3.63) is 5.56 Å². The van der Waals surface area contributed by atoms with E-state index in [9.17, 15) is 4.79 Å². The first-order valence-corrected chi connectivity index (χ1v) is 7.53. The van der Waals surface area contributed by atoms with Crippen LogP contribution in [0.5, 0.6) is 0 Å². The monoisotopic (exact) mass is 298 g/mol. The van der Waals surface area contributed by atoms with Crippen LogP contribution in [0.3, 0.4) is 0 Å². The summed E-state index contributed by atoms with van der Waals surface area (Å²) in [7, 11) is 5.50. The molecule has 0 aromatic carbocycles. The van der Waals surface area contributed by atoms with Gasteiger partial charge in [0.1, 0.15) is 10.6 Å². The average Bonchev–Trinajstić information content (AvgIpc) is 2.82. The summed E-state index contributed by atoms with van der Waals surface area (Å²) in [5, 5.41) is 0.799. The lowest BCUT2D eigenvalue weighted by Crippen LogP contribution is -2.35. The second kappa shape index (κ2) is 6.41. The Bertz CT molecular complexity index is 469. The van der Waals surface area contributed by atoms with E-state index < -0.39 is 5.97 Å². The SMILES string of the molecule is COC(=O)c1c(N)nsc1N(C)CC1CCN(C)CC1. The molecule has 20 heavy (non-hydrogen) atoms. The molecule has 0 spiro atoms. The van der Waals surface area contributed by atoms with Crippen molar-refractivity contribution in [2.24, 2.45) is 5.92 Å². The van der Waals surface area contributed by atoms with Crippen LogP contribution in [0.15, 0.2) is 0 Å². The molecule has 1 aromatic heterocycles. The van der Waals surface area contributed by atoms with Gasteiger partial charge in [0.2, 0.25) is 0 Å². The molecule has 0 radical (unpaired) electrons. The van der Waals surface area contributed by atoms with Crippen LogP contribution in [-0.4, -0.2) is 56.1 Å². The van der Waals surface area contributed by atoms with Gasteiger partial charge in [0, 0.05) is 13.6 Å². The smallest absolute Gasteiger partial charge is 0.344 e. The molecule has 1 aromatic rings. The van der Waals surface area contributed by atoms with Gasteiger partial charge in [0.05, 0.1) is 7.11 Å². The van der Waals surface area contributed by atoms with Crippen molar-refractivity contribution < 1.29 is 9.53 Å². The van der Waals surface area contributed by atoms with Crippen LogP contribution in [0.4, 0.5) is 10.8 Å². The van der Waals surface area contributed by atoms with Crippen LogP contribution in [0.1, 0.15) is 23.2 Å². The maximum Gasteiger partial charge on any atom is 0.344 e. The quantitative estimate of drug-likeness (QED) is 0.845. The third-order valence-corrected chi connectivity index (χ3v) is 4.78. The Kier molecular flexibility index (Phi) is 4.82. The van der Waals surface area contributed by atoms with E-state index >= 15 is 0 Å². The molecule has 112 valence electrons. The van der Waals surface area contributed by atoms with E-state index in [1.807, 2.05) is 7.05 Å². The largest absolute Gasteiger partial charge is 0.465 e. The molecule has 0 amide bonds. The molecular formula is C13H22N4O2S. The van der Waals surface area contributed by atoms with Gasteiger partial charge >= 0.3 is 5.97 Å². The van der Waals surface area contributed by atoms with Crippen LogP contribution in [-0.2, 0) is 4.74 Å². The number of hydrogen-bond donors (Lipinski definition) is 1. The van der Waals surface area contributed by atoms with Crippen LogP contribution in [0.25, 0.3) is 0 Å². The Morgan fingerprint density at radius 3 is 2.80 bits per heavy atom. The van der Waals surface area contributed by atoms with Crippen molar-refractivity contribution >= 4 is 28.3 Å². The third kappa shape index (κ3) is 3.21. The third-order valence-electron chi connectivity index (χ3n) is 3.81. The highest BCUT2D eigenvalue weighted by Gasteiger charge is 2.25. The predicted molar refractivity (Wildman–Crippen MR) is 81.4 cm³/mol. The van der Waals surface area contributed by atoms with Crippen LogP contribution < -0.4 is 10.6 Å². The number of anilines is 2. The molecule has 6 nitrogen and oxygen atoms in total. The maximum absolute atomic E-state index is 11.8. The molecule has 2 heterocycles. The second-order valence-electron chi connectivity index (χ2n) is 5.37. The van der Waals surface area contributed by atoms with E-state index in [4.69, 9.17) is 10.5 Å². The number of ether oxygens (including phenoxy) is 1. The van der Waals surface area contributed by atoms with Gasteiger partial charge in [-0.2, -0.15) is 4.37 Å². The number of nitrogens with two attached hydrogens (primary N) is 1. The lowest BCUT2D eigenvalue weighted by molar-refractivity contribution is 0.0603. The summed E-state index contributed by atoms with van der Waals surface area (Å²) in [4.78, 5) is 16.2. The zero-order chi connectivity index (χ0) is 14.7. The summed E-state index contributed by atoms with van der Waals surface area (Å²) in [6.07, 6.45) is 2.37. The molecule has 7 heteroatoms. The van der Waals surface area contributed by atoms with Crippen molar-refractivity contribution in [1.82, 2.24) is 9.27 Å². The first-order chi connectivity index (χ1) is 9.52. The normalized spacial score (nSPS) is 17.1. The summed E-state index contributed by atoms with van der Waals surface area (Å²) < 4.78 is 8.87. The van der Waals surface area contributed by atoms with Crippen molar-refractivity contribution in [1.29, 1.82) is 0 Å². The Morgan fingerprint density at radius 2 is 2.20 bits per heavy atom. The standard InChI is InChI=1S/C13H22N4O2S/c1-16-6-4-9(5-7-16)8-17(2)12-10(13(18)19-3)11(14)15-20-12/h9H,4-8H2,1-3H3,(H2,14,15). The average molecular weight is 298 g/mol. The number of piperidine rings is 1. The van der Waals surface area contributed by atoms with Crippen molar-refractivity contribution in [3.8, 4) is 0 Å². The van der Waals surface area contributed by atoms with Crippen molar-refractivity contribution in [3.63, 3.8) is 0 Å². The zero-order valence-corrected chi connectivity index (χ0v) is 13.1. The molecule has 2 rings (SSSR count).